The number of aromatic nitrogens is 1. The number of furan rings is 1. The van der Waals surface area contributed by atoms with Crippen LogP contribution in [0.3, 0.4) is 0 Å². The Morgan fingerprint density at radius 1 is 1.00 bits per heavy atom. The highest BCUT2D eigenvalue weighted by molar-refractivity contribution is 9.10. The van der Waals surface area contributed by atoms with Crippen LogP contribution in [0.25, 0.3) is 38.8 Å². The molecule has 2 heterocycles. The van der Waals surface area contributed by atoms with Crippen molar-refractivity contribution >= 4 is 43.6 Å². The molecule has 2 aliphatic carbocycles. The van der Waals surface area contributed by atoms with Gasteiger partial charge in [-0.25, -0.2) is 4.98 Å². The molecule has 2 aromatic heterocycles. The summed E-state index contributed by atoms with van der Waals surface area (Å²) in [6.07, 6.45) is 7.67. The third kappa shape index (κ3) is 2.21. The summed E-state index contributed by atoms with van der Waals surface area (Å²) in [5.74, 6) is 0. The van der Waals surface area contributed by atoms with Gasteiger partial charge in [-0.1, -0.05) is 52.3 Å². The van der Waals surface area contributed by atoms with Crippen LogP contribution >= 0.6 is 15.9 Å². The van der Waals surface area contributed by atoms with E-state index in [1.807, 2.05) is 12.1 Å². The molecule has 0 aliphatic heterocycles. The van der Waals surface area contributed by atoms with Crippen molar-refractivity contribution in [2.45, 2.75) is 19.3 Å². The lowest BCUT2D eigenvalue weighted by molar-refractivity contribution is 0.668. The Balaban J connectivity index is 1.75. The SMILES string of the molecule is Brc1ccc(-c2c3c(nc4c2oc2ccccc24)C2=C(C=CCC2)C3)cc1. The lowest BCUT2D eigenvalue weighted by atomic mass is 9.96. The van der Waals surface area contributed by atoms with Crippen molar-refractivity contribution in [3.63, 3.8) is 0 Å². The van der Waals surface area contributed by atoms with E-state index in [1.165, 1.54) is 33.5 Å². The largest absolute Gasteiger partial charge is 0.454 e. The smallest absolute Gasteiger partial charge is 0.162 e. The fourth-order valence-corrected chi connectivity index (χ4v) is 4.70. The maximum atomic E-state index is 6.34. The molecule has 0 fully saturated rings. The first kappa shape index (κ1) is 15.4. The molecule has 3 heteroatoms. The minimum Gasteiger partial charge on any atom is -0.454 e. The predicted molar refractivity (Wildman–Crippen MR) is 114 cm³/mol. The minimum atomic E-state index is 0.903. The van der Waals surface area contributed by atoms with Crippen molar-refractivity contribution in [2.24, 2.45) is 0 Å². The highest BCUT2D eigenvalue weighted by atomic mass is 79.9. The number of benzene rings is 2. The lowest BCUT2D eigenvalue weighted by Gasteiger charge is -2.11. The molecular weight excluding hydrogens is 398 g/mol. The van der Waals surface area contributed by atoms with Crippen LogP contribution in [0.4, 0.5) is 0 Å². The summed E-state index contributed by atoms with van der Waals surface area (Å²) in [5, 5.41) is 1.09. The molecule has 2 aliphatic rings. The van der Waals surface area contributed by atoms with Crippen LogP contribution < -0.4 is 0 Å². The van der Waals surface area contributed by atoms with Crippen molar-refractivity contribution in [3.8, 4) is 11.1 Å². The van der Waals surface area contributed by atoms with Gasteiger partial charge in [-0.2, -0.15) is 0 Å². The Morgan fingerprint density at radius 2 is 1.85 bits per heavy atom. The minimum absolute atomic E-state index is 0.903. The molecule has 2 aromatic carbocycles. The van der Waals surface area contributed by atoms with Gasteiger partial charge in [0, 0.05) is 21.8 Å². The van der Waals surface area contributed by atoms with Crippen LogP contribution in [0.2, 0.25) is 0 Å². The molecule has 0 atom stereocenters. The van der Waals surface area contributed by atoms with Crippen LogP contribution in [0.1, 0.15) is 24.1 Å². The topological polar surface area (TPSA) is 26.0 Å². The van der Waals surface area contributed by atoms with E-state index < -0.39 is 0 Å². The number of halogens is 1. The summed E-state index contributed by atoms with van der Waals surface area (Å²) in [5.41, 5.74) is 10.5. The predicted octanol–water partition coefficient (Wildman–Crippen LogP) is 7.07. The van der Waals surface area contributed by atoms with E-state index >= 15 is 0 Å². The van der Waals surface area contributed by atoms with Crippen LogP contribution in [-0.4, -0.2) is 4.98 Å². The zero-order chi connectivity index (χ0) is 18.0. The zero-order valence-electron chi connectivity index (χ0n) is 14.6. The molecule has 0 saturated carbocycles. The first-order chi connectivity index (χ1) is 13.3. The van der Waals surface area contributed by atoms with Gasteiger partial charge in [-0.15, -0.1) is 0 Å². The number of hydrogen-bond acceptors (Lipinski definition) is 2. The third-order valence-corrected chi connectivity index (χ3v) is 6.19. The van der Waals surface area contributed by atoms with Gasteiger partial charge in [0.25, 0.3) is 0 Å². The van der Waals surface area contributed by atoms with E-state index in [4.69, 9.17) is 9.40 Å². The standard InChI is InChI=1S/C24H16BrNO/c25-16-11-9-14(10-12-16)21-19-13-15-5-1-2-6-17(15)22(19)26-23-18-7-3-4-8-20(18)27-24(21)23/h1,3-5,7-12H,2,6,13H2. The van der Waals surface area contributed by atoms with E-state index in [2.05, 4.69) is 64.5 Å². The van der Waals surface area contributed by atoms with E-state index in [0.29, 0.717) is 0 Å². The maximum absolute atomic E-state index is 6.34. The second-order valence-corrected chi connectivity index (χ2v) is 8.13. The third-order valence-electron chi connectivity index (χ3n) is 5.66. The summed E-state index contributed by atoms with van der Waals surface area (Å²) in [4.78, 5) is 5.14. The molecule has 0 amide bonds. The molecule has 0 unspecified atom stereocenters. The van der Waals surface area contributed by atoms with Crippen LogP contribution in [0.15, 0.2) is 75.1 Å². The van der Waals surface area contributed by atoms with Crippen molar-refractivity contribution in [1.29, 1.82) is 0 Å². The van der Waals surface area contributed by atoms with Gasteiger partial charge in [-0.05, 0) is 59.4 Å². The molecule has 27 heavy (non-hydrogen) atoms. The Labute approximate surface area is 165 Å². The molecule has 130 valence electrons. The summed E-state index contributed by atoms with van der Waals surface area (Å²) >= 11 is 3.55. The van der Waals surface area contributed by atoms with Gasteiger partial charge in [-0.3, -0.25) is 0 Å². The monoisotopic (exact) mass is 413 g/mol. The average Bonchev–Trinajstić information content (AvgIpc) is 3.25. The molecule has 0 N–H and O–H groups in total. The van der Waals surface area contributed by atoms with Crippen LogP contribution in [-0.2, 0) is 6.42 Å². The second kappa shape index (κ2) is 5.67. The lowest BCUT2D eigenvalue weighted by Crippen LogP contribution is -1.96. The Bertz CT molecular complexity index is 1290. The van der Waals surface area contributed by atoms with Gasteiger partial charge in [0.1, 0.15) is 11.1 Å². The summed E-state index contributed by atoms with van der Waals surface area (Å²) < 4.78 is 7.42. The fourth-order valence-electron chi connectivity index (χ4n) is 4.43. The van der Waals surface area contributed by atoms with E-state index in [9.17, 15) is 0 Å². The molecule has 0 radical (unpaired) electrons. The Kier molecular flexibility index (Phi) is 3.24. The van der Waals surface area contributed by atoms with Crippen molar-refractivity contribution < 1.29 is 4.42 Å². The van der Waals surface area contributed by atoms with E-state index in [1.54, 1.807) is 0 Å². The molecular formula is C24H16BrNO. The highest BCUT2D eigenvalue weighted by Crippen LogP contribution is 2.46. The van der Waals surface area contributed by atoms with Crippen molar-refractivity contribution in [2.75, 3.05) is 0 Å². The number of fused-ring (bicyclic) bond motifs is 5. The van der Waals surface area contributed by atoms with Crippen LogP contribution in [0, 0.1) is 0 Å². The number of para-hydroxylation sites is 1. The number of hydrogen-bond donors (Lipinski definition) is 0. The quantitative estimate of drug-likeness (QED) is 0.333. The van der Waals surface area contributed by atoms with Gasteiger partial charge >= 0.3 is 0 Å². The van der Waals surface area contributed by atoms with Gasteiger partial charge in [0.05, 0.1) is 5.69 Å². The van der Waals surface area contributed by atoms with Gasteiger partial charge in [0.2, 0.25) is 0 Å². The number of allylic oxidation sites excluding steroid dienone is 4. The van der Waals surface area contributed by atoms with Gasteiger partial charge < -0.3 is 4.42 Å². The fraction of sp³-hybridized carbons (Fsp3) is 0.125. The van der Waals surface area contributed by atoms with E-state index in [0.717, 1.165) is 45.8 Å². The first-order valence-electron chi connectivity index (χ1n) is 9.28. The average molecular weight is 414 g/mol. The molecule has 0 saturated heterocycles. The van der Waals surface area contributed by atoms with Crippen molar-refractivity contribution in [3.05, 3.63) is 82.0 Å². The first-order valence-corrected chi connectivity index (χ1v) is 10.1. The molecule has 0 bridgehead atoms. The summed E-state index contributed by atoms with van der Waals surface area (Å²) in [7, 11) is 0. The Hall–Kier alpha value is -2.65. The molecule has 0 spiro atoms. The number of rotatable bonds is 1. The summed E-state index contributed by atoms with van der Waals surface area (Å²) in [6, 6.07) is 16.7. The Morgan fingerprint density at radius 3 is 2.74 bits per heavy atom. The normalized spacial score (nSPS) is 15.6. The highest BCUT2D eigenvalue weighted by Gasteiger charge is 2.29. The second-order valence-electron chi connectivity index (χ2n) is 7.22. The molecule has 2 nitrogen and oxygen atoms in total. The summed E-state index contributed by atoms with van der Waals surface area (Å²) in [6.45, 7) is 0. The number of nitrogens with zero attached hydrogens (tertiary/aromatic N) is 1. The molecule has 6 rings (SSSR count). The maximum Gasteiger partial charge on any atom is 0.162 e. The molecule has 4 aromatic rings. The zero-order valence-corrected chi connectivity index (χ0v) is 16.2. The van der Waals surface area contributed by atoms with Gasteiger partial charge in [0.15, 0.2) is 5.58 Å². The van der Waals surface area contributed by atoms with Crippen molar-refractivity contribution in [1.82, 2.24) is 4.98 Å². The number of pyridine rings is 1. The van der Waals surface area contributed by atoms with E-state index in [-0.39, 0.29) is 0 Å². The van der Waals surface area contributed by atoms with Crippen LogP contribution in [0.5, 0.6) is 0 Å².